The minimum absolute atomic E-state index is 0.0494. The van der Waals surface area contributed by atoms with Gasteiger partial charge >= 0.3 is 0 Å². The molecule has 23 heavy (non-hydrogen) atoms. The molecule has 1 amide bonds. The smallest absolute Gasteiger partial charge is 0.251 e. The summed E-state index contributed by atoms with van der Waals surface area (Å²) >= 11 is 0. The minimum Gasteiger partial charge on any atom is -0.332 e. The molecule has 0 aromatic carbocycles. The van der Waals surface area contributed by atoms with Crippen molar-refractivity contribution in [1.29, 1.82) is 0 Å². The van der Waals surface area contributed by atoms with Crippen LogP contribution >= 0.6 is 0 Å². The van der Waals surface area contributed by atoms with Crippen LogP contribution in [0, 0.1) is 11.3 Å². The largest absolute Gasteiger partial charge is 0.332 e. The van der Waals surface area contributed by atoms with Crippen LogP contribution in [0.15, 0.2) is 10.9 Å². The zero-order valence-electron chi connectivity index (χ0n) is 14.0. The van der Waals surface area contributed by atoms with E-state index in [0.29, 0.717) is 17.1 Å². The predicted molar refractivity (Wildman–Crippen MR) is 87.0 cm³/mol. The van der Waals surface area contributed by atoms with Crippen molar-refractivity contribution in [3.63, 3.8) is 0 Å². The Morgan fingerprint density at radius 1 is 1.39 bits per heavy atom. The molecule has 124 valence electrons. The lowest BCUT2D eigenvalue weighted by molar-refractivity contribution is -0.135. The highest BCUT2D eigenvalue weighted by Crippen LogP contribution is 2.66. The number of likely N-dealkylation sites (tertiary alicyclic amines) is 1. The van der Waals surface area contributed by atoms with Gasteiger partial charge in [0, 0.05) is 18.5 Å². The quantitative estimate of drug-likeness (QED) is 0.932. The molecule has 1 aromatic heterocycles. The Morgan fingerprint density at radius 3 is 2.78 bits per heavy atom. The Morgan fingerprint density at radius 2 is 2.17 bits per heavy atom. The molecule has 3 aliphatic rings. The number of amides is 1. The Balaban J connectivity index is 1.58. The molecule has 3 fully saturated rings. The van der Waals surface area contributed by atoms with Crippen LogP contribution in [0.25, 0.3) is 0 Å². The highest BCUT2D eigenvalue weighted by atomic mass is 16.2. The zero-order chi connectivity index (χ0) is 16.2. The Kier molecular flexibility index (Phi) is 3.36. The number of aromatic nitrogens is 2. The number of H-pyrrole nitrogens is 1. The van der Waals surface area contributed by atoms with Crippen LogP contribution in [0.1, 0.15) is 75.9 Å². The molecule has 1 saturated heterocycles. The second kappa shape index (κ2) is 5.18. The normalized spacial score (nSPS) is 28.2. The van der Waals surface area contributed by atoms with E-state index in [1.807, 2.05) is 18.7 Å². The predicted octanol–water partition coefficient (Wildman–Crippen LogP) is 2.75. The van der Waals surface area contributed by atoms with Crippen LogP contribution in [0.2, 0.25) is 0 Å². The molecular formula is C18H25N3O2. The van der Waals surface area contributed by atoms with E-state index in [0.717, 1.165) is 31.5 Å². The number of aromatic amines is 1. The summed E-state index contributed by atoms with van der Waals surface area (Å²) in [5.74, 6) is 1.42. The second-order valence-corrected chi connectivity index (χ2v) is 7.87. The van der Waals surface area contributed by atoms with E-state index in [2.05, 4.69) is 9.97 Å². The molecule has 2 atom stereocenters. The standard InChI is InChI=1S/C18H25N3O2/c1-11(2)13-9-15(22)20-16(19-13)14-5-3-8-21(14)17(23)12-10-18(12)6-4-7-18/h9,11-12,14H,3-8,10H2,1-2H3,(H,19,20,22). The third kappa shape index (κ3) is 2.41. The van der Waals surface area contributed by atoms with Crippen molar-refractivity contribution in [3.05, 3.63) is 27.9 Å². The maximum absolute atomic E-state index is 12.9. The summed E-state index contributed by atoms with van der Waals surface area (Å²) < 4.78 is 0. The van der Waals surface area contributed by atoms with Crippen LogP contribution in [0.3, 0.4) is 0 Å². The third-order valence-electron chi connectivity index (χ3n) is 6.06. The fourth-order valence-electron chi connectivity index (χ4n) is 4.34. The van der Waals surface area contributed by atoms with Gasteiger partial charge in [0.05, 0.1) is 11.7 Å². The Hall–Kier alpha value is -1.65. The van der Waals surface area contributed by atoms with E-state index >= 15 is 0 Å². The van der Waals surface area contributed by atoms with Gasteiger partial charge in [-0.3, -0.25) is 9.59 Å². The van der Waals surface area contributed by atoms with Crippen LogP contribution < -0.4 is 5.56 Å². The van der Waals surface area contributed by atoms with Crippen molar-refractivity contribution >= 4 is 5.91 Å². The maximum Gasteiger partial charge on any atom is 0.251 e. The number of hydrogen-bond donors (Lipinski definition) is 1. The van der Waals surface area contributed by atoms with Gasteiger partial charge in [0.25, 0.3) is 5.56 Å². The summed E-state index contributed by atoms with van der Waals surface area (Å²) in [5, 5.41) is 0. The summed E-state index contributed by atoms with van der Waals surface area (Å²) in [6.07, 6.45) is 6.69. The van der Waals surface area contributed by atoms with Gasteiger partial charge < -0.3 is 9.88 Å². The van der Waals surface area contributed by atoms with Crippen molar-refractivity contribution in [1.82, 2.24) is 14.9 Å². The van der Waals surface area contributed by atoms with Gasteiger partial charge in [0.1, 0.15) is 5.82 Å². The third-order valence-corrected chi connectivity index (χ3v) is 6.06. The topological polar surface area (TPSA) is 66.1 Å². The number of nitrogens with one attached hydrogen (secondary N) is 1. The van der Waals surface area contributed by atoms with Gasteiger partial charge in [0.15, 0.2) is 0 Å². The van der Waals surface area contributed by atoms with Gasteiger partial charge in [-0.1, -0.05) is 20.3 Å². The molecule has 1 N–H and O–H groups in total. The number of hydrogen-bond acceptors (Lipinski definition) is 3. The molecule has 1 aliphatic heterocycles. The second-order valence-electron chi connectivity index (χ2n) is 7.87. The summed E-state index contributed by atoms with van der Waals surface area (Å²) in [5.41, 5.74) is 1.05. The van der Waals surface area contributed by atoms with Crippen LogP contribution in [-0.2, 0) is 4.79 Å². The fourth-order valence-corrected chi connectivity index (χ4v) is 4.34. The first-order valence-electron chi connectivity index (χ1n) is 8.92. The van der Waals surface area contributed by atoms with E-state index in [9.17, 15) is 9.59 Å². The molecule has 1 aromatic rings. The highest BCUT2D eigenvalue weighted by molar-refractivity contribution is 5.83. The average Bonchev–Trinajstić information content (AvgIpc) is 3.07. The summed E-state index contributed by atoms with van der Waals surface area (Å²) in [6.45, 7) is 4.87. The van der Waals surface area contributed by atoms with Crippen molar-refractivity contribution in [2.24, 2.45) is 11.3 Å². The van der Waals surface area contributed by atoms with Gasteiger partial charge in [-0.25, -0.2) is 4.98 Å². The lowest BCUT2D eigenvalue weighted by atomic mass is 9.79. The van der Waals surface area contributed by atoms with E-state index in [1.54, 1.807) is 6.07 Å². The molecule has 5 nitrogen and oxygen atoms in total. The first-order chi connectivity index (χ1) is 11.0. The van der Waals surface area contributed by atoms with Crippen molar-refractivity contribution < 1.29 is 4.79 Å². The van der Waals surface area contributed by atoms with Crippen molar-refractivity contribution in [2.45, 2.75) is 64.3 Å². The molecule has 2 saturated carbocycles. The van der Waals surface area contributed by atoms with Crippen LogP contribution in [-0.4, -0.2) is 27.3 Å². The highest BCUT2D eigenvalue weighted by Gasteiger charge is 2.62. The van der Waals surface area contributed by atoms with E-state index in [-0.39, 0.29) is 23.4 Å². The molecule has 2 heterocycles. The first-order valence-corrected chi connectivity index (χ1v) is 8.92. The van der Waals surface area contributed by atoms with E-state index < -0.39 is 0 Å². The Bertz CT molecular complexity index is 690. The summed E-state index contributed by atoms with van der Waals surface area (Å²) in [6, 6.07) is 1.52. The fraction of sp³-hybridized carbons (Fsp3) is 0.722. The molecular weight excluding hydrogens is 290 g/mol. The molecule has 1 spiro atoms. The average molecular weight is 315 g/mol. The molecule has 0 radical (unpaired) electrons. The molecule has 2 aliphatic carbocycles. The van der Waals surface area contributed by atoms with Gasteiger partial charge in [0.2, 0.25) is 5.91 Å². The van der Waals surface area contributed by atoms with Gasteiger partial charge in [-0.2, -0.15) is 0 Å². The molecule has 2 unspecified atom stereocenters. The van der Waals surface area contributed by atoms with E-state index in [1.165, 1.54) is 19.3 Å². The van der Waals surface area contributed by atoms with Gasteiger partial charge in [-0.05, 0) is 43.4 Å². The maximum atomic E-state index is 12.9. The van der Waals surface area contributed by atoms with Crippen LogP contribution in [0.4, 0.5) is 0 Å². The minimum atomic E-state index is -0.111. The molecule has 5 heteroatoms. The SMILES string of the molecule is CC(C)c1cc(=O)[nH]c(C2CCCN2C(=O)C2CC23CCC3)n1. The van der Waals surface area contributed by atoms with E-state index in [4.69, 9.17) is 0 Å². The summed E-state index contributed by atoms with van der Waals surface area (Å²) in [4.78, 5) is 34.4. The molecule has 0 bridgehead atoms. The zero-order valence-corrected chi connectivity index (χ0v) is 14.0. The van der Waals surface area contributed by atoms with Crippen molar-refractivity contribution in [3.8, 4) is 0 Å². The van der Waals surface area contributed by atoms with Gasteiger partial charge in [-0.15, -0.1) is 0 Å². The van der Waals surface area contributed by atoms with Crippen LogP contribution in [0.5, 0.6) is 0 Å². The number of nitrogens with zero attached hydrogens (tertiary/aromatic N) is 2. The number of rotatable bonds is 3. The summed E-state index contributed by atoms with van der Waals surface area (Å²) in [7, 11) is 0. The lowest BCUT2D eigenvalue weighted by Crippen LogP contribution is -2.35. The Labute approximate surface area is 136 Å². The van der Waals surface area contributed by atoms with Crippen molar-refractivity contribution in [2.75, 3.05) is 6.54 Å². The number of carbonyl (C=O) groups is 1. The first kappa shape index (κ1) is 14.9. The molecule has 4 rings (SSSR count). The number of carbonyl (C=O) groups excluding carboxylic acids is 1. The monoisotopic (exact) mass is 315 g/mol. The lowest BCUT2D eigenvalue weighted by Gasteiger charge is -2.30.